The topological polar surface area (TPSA) is 92.9 Å². The van der Waals surface area contributed by atoms with Crippen LogP contribution < -0.4 is 4.84 Å². The lowest BCUT2D eigenvalue weighted by atomic mass is 10.1. The minimum absolute atomic E-state index is 0.322. The first kappa shape index (κ1) is 22.5. The number of fused-ring (bicyclic) bond motifs is 2. The monoisotopic (exact) mass is 455 g/mol. The molecule has 8 nitrogen and oxygen atoms in total. The first-order valence-electron chi connectivity index (χ1n) is 11.0. The Morgan fingerprint density at radius 2 is 2.03 bits per heavy atom. The highest BCUT2D eigenvalue weighted by molar-refractivity contribution is 7.09. The van der Waals surface area contributed by atoms with E-state index < -0.39 is 6.09 Å². The van der Waals surface area contributed by atoms with Crippen molar-refractivity contribution in [3.63, 3.8) is 0 Å². The molecule has 0 aliphatic carbocycles. The van der Waals surface area contributed by atoms with Gasteiger partial charge in [-0.05, 0) is 57.4 Å². The maximum absolute atomic E-state index is 11.9. The molecule has 2 saturated heterocycles. The molecule has 0 radical (unpaired) electrons. The Labute approximate surface area is 192 Å². The molecule has 0 saturated carbocycles. The van der Waals surface area contributed by atoms with Crippen LogP contribution in [0.15, 0.2) is 29.8 Å². The third kappa shape index (κ3) is 5.04. The Hall–Kier alpha value is -2.67. The van der Waals surface area contributed by atoms with Crippen LogP contribution in [0.1, 0.15) is 35.9 Å². The van der Waals surface area contributed by atoms with Gasteiger partial charge < -0.3 is 9.94 Å². The smallest absolute Gasteiger partial charge is 0.441 e. The van der Waals surface area contributed by atoms with Crippen molar-refractivity contribution in [2.45, 2.75) is 51.2 Å². The quantitative estimate of drug-likeness (QED) is 0.610. The molecule has 3 heterocycles. The number of thiazole rings is 1. The van der Waals surface area contributed by atoms with Gasteiger partial charge in [0, 0.05) is 43.1 Å². The number of carboxylic acid groups (broad SMARTS) is 1. The number of piperazine rings is 1. The number of hydrogen-bond acceptors (Lipinski definition) is 7. The summed E-state index contributed by atoms with van der Waals surface area (Å²) >= 11 is 1.73. The zero-order valence-electron chi connectivity index (χ0n) is 18.5. The van der Waals surface area contributed by atoms with Crippen molar-refractivity contribution in [1.29, 1.82) is 5.26 Å². The molecule has 1 aromatic heterocycles. The zero-order chi connectivity index (χ0) is 22.7. The number of benzene rings is 1. The van der Waals surface area contributed by atoms with Crippen LogP contribution >= 0.6 is 11.3 Å². The Balaban J connectivity index is 1.34. The number of nitriles is 1. The Bertz CT molecular complexity index is 959. The lowest BCUT2D eigenvalue weighted by Crippen LogP contribution is -2.57. The van der Waals surface area contributed by atoms with E-state index in [0.717, 1.165) is 49.7 Å². The first-order valence-corrected chi connectivity index (χ1v) is 11.9. The minimum Gasteiger partial charge on any atom is -0.463 e. The number of aromatic nitrogens is 1. The number of rotatable bonds is 8. The summed E-state index contributed by atoms with van der Waals surface area (Å²) in [5, 5.41) is 19.7. The number of hydroxylamine groups is 2. The van der Waals surface area contributed by atoms with Gasteiger partial charge in [0.15, 0.2) is 5.75 Å². The van der Waals surface area contributed by atoms with Gasteiger partial charge in [-0.1, -0.05) is 0 Å². The molecule has 32 heavy (non-hydrogen) atoms. The molecule has 4 rings (SSSR count). The molecule has 2 aliphatic rings. The number of carbonyl (C=O) groups is 1. The lowest BCUT2D eigenvalue weighted by molar-refractivity contribution is -0.0781. The van der Waals surface area contributed by atoms with E-state index in [0.29, 0.717) is 29.9 Å². The van der Waals surface area contributed by atoms with Gasteiger partial charge in [-0.15, -0.1) is 16.4 Å². The molecule has 2 aliphatic heterocycles. The normalized spacial score (nSPS) is 21.8. The highest BCUT2D eigenvalue weighted by Crippen LogP contribution is 2.31. The largest absolute Gasteiger partial charge is 0.463 e. The zero-order valence-corrected chi connectivity index (χ0v) is 19.3. The number of hydrogen-bond donors (Lipinski definition) is 1. The summed E-state index contributed by atoms with van der Waals surface area (Å²) < 4.78 is 0. The van der Waals surface area contributed by atoms with E-state index in [4.69, 9.17) is 10.1 Å². The fourth-order valence-corrected chi connectivity index (χ4v) is 5.56. The fraction of sp³-hybridized carbons (Fsp3) is 0.522. The van der Waals surface area contributed by atoms with Crippen molar-refractivity contribution < 1.29 is 14.7 Å². The average Bonchev–Trinajstić information content (AvgIpc) is 3.28. The van der Waals surface area contributed by atoms with Crippen molar-refractivity contribution in [2.75, 3.05) is 26.2 Å². The van der Waals surface area contributed by atoms with Crippen molar-refractivity contribution in [3.8, 4) is 11.8 Å². The molecular weight excluding hydrogens is 426 g/mol. The van der Waals surface area contributed by atoms with Crippen molar-refractivity contribution in [2.24, 2.45) is 0 Å². The van der Waals surface area contributed by atoms with Crippen LogP contribution in [0.3, 0.4) is 0 Å². The van der Waals surface area contributed by atoms with E-state index in [-0.39, 0.29) is 6.04 Å². The SMILES string of the molecule is Cc1ncsc1CCN1CC2CCC(C1)N2CC(C)N(Oc1ccc(C#N)cc1)C(=O)O. The molecule has 2 fully saturated rings. The first-order chi connectivity index (χ1) is 15.4. The highest BCUT2D eigenvalue weighted by atomic mass is 32.1. The molecule has 2 aromatic rings. The van der Waals surface area contributed by atoms with Gasteiger partial charge in [-0.2, -0.15) is 5.26 Å². The van der Waals surface area contributed by atoms with Crippen molar-refractivity contribution >= 4 is 17.4 Å². The van der Waals surface area contributed by atoms with E-state index >= 15 is 0 Å². The minimum atomic E-state index is -1.12. The van der Waals surface area contributed by atoms with Crippen LogP contribution in [-0.2, 0) is 6.42 Å². The van der Waals surface area contributed by atoms with Gasteiger partial charge in [0.1, 0.15) is 0 Å². The highest BCUT2D eigenvalue weighted by Gasteiger charge is 2.41. The lowest BCUT2D eigenvalue weighted by Gasteiger charge is -2.42. The molecule has 170 valence electrons. The molecule has 1 aromatic carbocycles. The molecule has 2 bridgehead atoms. The van der Waals surface area contributed by atoms with Gasteiger partial charge in [0.25, 0.3) is 0 Å². The summed E-state index contributed by atoms with van der Waals surface area (Å²) in [6, 6.07) is 9.10. The van der Waals surface area contributed by atoms with Crippen LogP contribution in [0.25, 0.3) is 0 Å². The third-order valence-electron chi connectivity index (χ3n) is 6.46. The second kappa shape index (κ2) is 9.86. The standard InChI is InChI=1S/C23H29N5O3S/c1-16(28(23(29)30)31-21-7-3-18(11-24)4-8-21)12-27-19-5-6-20(27)14-26(13-19)10-9-22-17(2)25-15-32-22/h3-4,7-8,15-16,19-20H,5-6,9-10,12-14H2,1-2H3,(H,29,30). The number of aryl methyl sites for hydroxylation is 1. The molecule has 0 spiro atoms. The van der Waals surface area contributed by atoms with Gasteiger partial charge in [-0.3, -0.25) is 9.80 Å². The summed E-state index contributed by atoms with van der Waals surface area (Å²) in [7, 11) is 0. The second-order valence-corrected chi connectivity index (χ2v) is 9.58. The average molecular weight is 456 g/mol. The summed E-state index contributed by atoms with van der Waals surface area (Å²) in [4.78, 5) is 28.3. The summed E-state index contributed by atoms with van der Waals surface area (Å²) in [6.07, 6.45) is 2.22. The third-order valence-corrected chi connectivity index (χ3v) is 7.45. The number of likely N-dealkylation sites (tertiary alicyclic amines) is 1. The molecule has 1 N–H and O–H groups in total. The summed E-state index contributed by atoms with van der Waals surface area (Å²) in [6.45, 7) is 7.68. The van der Waals surface area contributed by atoms with Gasteiger partial charge in [0.2, 0.25) is 0 Å². The molecule has 3 atom stereocenters. The Morgan fingerprint density at radius 3 is 2.59 bits per heavy atom. The second-order valence-electron chi connectivity index (χ2n) is 8.64. The van der Waals surface area contributed by atoms with Crippen molar-refractivity contribution in [3.05, 3.63) is 45.9 Å². The maximum atomic E-state index is 11.9. The molecule has 9 heteroatoms. The fourth-order valence-electron chi connectivity index (χ4n) is 4.78. The molecular formula is C23H29N5O3S. The van der Waals surface area contributed by atoms with E-state index in [1.165, 1.54) is 4.88 Å². The van der Waals surface area contributed by atoms with E-state index in [1.54, 1.807) is 35.6 Å². The van der Waals surface area contributed by atoms with Crippen LogP contribution in [0.4, 0.5) is 4.79 Å². The number of amides is 1. The maximum Gasteiger partial charge on any atom is 0.441 e. The number of nitrogens with zero attached hydrogens (tertiary/aromatic N) is 5. The van der Waals surface area contributed by atoms with E-state index in [9.17, 15) is 9.90 Å². The van der Waals surface area contributed by atoms with Crippen LogP contribution in [0.5, 0.6) is 5.75 Å². The summed E-state index contributed by atoms with van der Waals surface area (Å²) in [5.41, 5.74) is 3.57. The van der Waals surface area contributed by atoms with Crippen molar-refractivity contribution in [1.82, 2.24) is 19.8 Å². The predicted octanol–water partition coefficient (Wildman–Crippen LogP) is 3.38. The Morgan fingerprint density at radius 1 is 1.34 bits per heavy atom. The van der Waals surface area contributed by atoms with Crippen LogP contribution in [0, 0.1) is 18.3 Å². The Kier molecular flexibility index (Phi) is 6.94. The molecule has 3 unspecified atom stereocenters. The van der Waals surface area contributed by atoms with E-state index in [1.807, 2.05) is 18.5 Å². The van der Waals surface area contributed by atoms with Gasteiger partial charge in [0.05, 0.1) is 28.9 Å². The van der Waals surface area contributed by atoms with Crippen LogP contribution in [0.2, 0.25) is 0 Å². The van der Waals surface area contributed by atoms with Gasteiger partial charge in [-0.25, -0.2) is 9.78 Å². The van der Waals surface area contributed by atoms with Crippen LogP contribution in [-0.4, -0.2) is 75.4 Å². The summed E-state index contributed by atoms with van der Waals surface area (Å²) in [5.74, 6) is 0.407. The van der Waals surface area contributed by atoms with Gasteiger partial charge >= 0.3 is 6.09 Å². The molecule has 1 amide bonds. The predicted molar refractivity (Wildman–Crippen MR) is 122 cm³/mol. The van der Waals surface area contributed by atoms with E-state index in [2.05, 4.69) is 21.7 Å².